The molecule has 2 rings (SSSR count). The van der Waals surface area contributed by atoms with Crippen LogP contribution in [0, 0.1) is 0 Å². The molecular weight excluding hydrogens is 256 g/mol. The van der Waals surface area contributed by atoms with Crippen LogP contribution >= 0.6 is 0 Å². The highest BCUT2D eigenvalue weighted by atomic mass is 16.4. The summed E-state index contributed by atoms with van der Waals surface area (Å²) in [5, 5.41) is 11.8. The van der Waals surface area contributed by atoms with E-state index in [-0.39, 0.29) is 5.91 Å². The van der Waals surface area contributed by atoms with Crippen molar-refractivity contribution in [1.29, 1.82) is 0 Å². The van der Waals surface area contributed by atoms with Crippen LogP contribution in [0.2, 0.25) is 0 Å². The first-order valence-electron chi connectivity index (χ1n) is 6.96. The molecule has 0 radical (unpaired) electrons. The Morgan fingerprint density at radius 1 is 1.20 bits per heavy atom. The number of amides is 1. The quantitative estimate of drug-likeness (QED) is 0.824. The van der Waals surface area contributed by atoms with Gasteiger partial charge in [-0.25, -0.2) is 4.79 Å². The summed E-state index contributed by atoms with van der Waals surface area (Å²) in [7, 11) is 0. The number of rotatable bonds is 6. The summed E-state index contributed by atoms with van der Waals surface area (Å²) in [5.41, 5.74) is 0.592. The third-order valence-corrected chi connectivity index (χ3v) is 3.54. The molecule has 0 aliphatic carbocycles. The molecule has 1 atom stereocenters. The van der Waals surface area contributed by atoms with E-state index >= 15 is 0 Å². The summed E-state index contributed by atoms with van der Waals surface area (Å²) in [4.78, 5) is 25.4. The molecule has 1 amide bonds. The molecule has 5 heteroatoms. The van der Waals surface area contributed by atoms with E-state index in [4.69, 9.17) is 0 Å². The number of carbonyl (C=O) groups excluding carboxylic acids is 1. The average molecular weight is 276 g/mol. The number of carbonyl (C=O) groups is 2. The monoisotopic (exact) mass is 276 g/mol. The lowest BCUT2D eigenvalue weighted by atomic mass is 10.1. The largest absolute Gasteiger partial charge is 0.479 e. The Balaban J connectivity index is 1.87. The summed E-state index contributed by atoms with van der Waals surface area (Å²) < 4.78 is 0. The first kappa shape index (κ1) is 14.5. The minimum absolute atomic E-state index is 0.215. The Kier molecular flexibility index (Phi) is 5.12. The van der Waals surface area contributed by atoms with E-state index in [9.17, 15) is 14.7 Å². The molecule has 1 aliphatic rings. The van der Waals surface area contributed by atoms with Crippen LogP contribution in [-0.4, -0.2) is 41.5 Å². The van der Waals surface area contributed by atoms with Gasteiger partial charge in [0, 0.05) is 13.0 Å². The lowest BCUT2D eigenvalue weighted by molar-refractivity contribution is -0.142. The molecule has 20 heavy (non-hydrogen) atoms. The molecule has 108 valence electrons. The highest BCUT2D eigenvalue weighted by Gasteiger charge is 2.22. The molecule has 1 fully saturated rings. The molecule has 1 aromatic carbocycles. The molecule has 1 heterocycles. The zero-order valence-corrected chi connectivity index (χ0v) is 11.4. The molecule has 1 saturated heterocycles. The fourth-order valence-electron chi connectivity index (χ4n) is 2.43. The lowest BCUT2D eigenvalue weighted by Crippen LogP contribution is -2.35. The molecular formula is C15H20N2O3. The Hall–Kier alpha value is -1.88. The van der Waals surface area contributed by atoms with Gasteiger partial charge in [-0.1, -0.05) is 30.3 Å². The maximum Gasteiger partial charge on any atom is 0.330 e. The fraction of sp³-hybridized carbons (Fsp3) is 0.467. The van der Waals surface area contributed by atoms with Gasteiger partial charge in [0.05, 0.1) is 0 Å². The maximum absolute atomic E-state index is 11.9. The average Bonchev–Trinajstić information content (AvgIpc) is 2.96. The minimum atomic E-state index is -1.04. The van der Waals surface area contributed by atoms with E-state index in [1.54, 1.807) is 24.3 Å². The first-order chi connectivity index (χ1) is 9.66. The van der Waals surface area contributed by atoms with Crippen LogP contribution in [0.4, 0.5) is 0 Å². The van der Waals surface area contributed by atoms with E-state index < -0.39 is 12.0 Å². The van der Waals surface area contributed by atoms with E-state index in [1.807, 2.05) is 6.07 Å². The van der Waals surface area contributed by atoms with Crippen LogP contribution < -0.4 is 5.32 Å². The topological polar surface area (TPSA) is 69.6 Å². The second-order valence-corrected chi connectivity index (χ2v) is 5.05. The number of nitrogens with zero attached hydrogens (tertiary/aromatic N) is 1. The van der Waals surface area contributed by atoms with Crippen LogP contribution in [-0.2, 0) is 9.59 Å². The summed E-state index contributed by atoms with van der Waals surface area (Å²) >= 11 is 0. The molecule has 0 saturated carbocycles. The predicted molar refractivity (Wildman–Crippen MR) is 75.3 cm³/mol. The second-order valence-electron chi connectivity index (χ2n) is 5.05. The van der Waals surface area contributed by atoms with Crippen molar-refractivity contribution in [2.45, 2.75) is 25.3 Å². The summed E-state index contributed by atoms with van der Waals surface area (Å²) in [6.07, 6.45) is 2.71. The van der Waals surface area contributed by atoms with Crippen LogP contribution in [0.25, 0.3) is 0 Å². The normalized spacial score (nSPS) is 16.8. The number of benzene rings is 1. The Morgan fingerprint density at radius 2 is 1.85 bits per heavy atom. The van der Waals surface area contributed by atoms with Crippen molar-refractivity contribution >= 4 is 11.9 Å². The standard InChI is InChI=1S/C15H20N2O3/c18-13(8-11-17-9-4-5-10-17)16-14(15(19)20)12-6-2-1-3-7-12/h1-3,6-7,14H,4-5,8-11H2,(H,16,18)(H,19,20). The van der Waals surface area contributed by atoms with Crippen LogP contribution in [0.3, 0.4) is 0 Å². The van der Waals surface area contributed by atoms with Crippen molar-refractivity contribution in [3.63, 3.8) is 0 Å². The predicted octanol–water partition coefficient (Wildman–Crippen LogP) is 1.41. The first-order valence-corrected chi connectivity index (χ1v) is 6.96. The molecule has 1 aromatic rings. The van der Waals surface area contributed by atoms with Gasteiger partial charge in [-0.05, 0) is 31.5 Å². The fourth-order valence-corrected chi connectivity index (χ4v) is 2.43. The van der Waals surface area contributed by atoms with Crippen molar-refractivity contribution in [2.24, 2.45) is 0 Å². The lowest BCUT2D eigenvalue weighted by Gasteiger charge is -2.17. The van der Waals surface area contributed by atoms with Gasteiger partial charge in [-0.3, -0.25) is 4.79 Å². The summed E-state index contributed by atoms with van der Waals surface area (Å²) in [6.45, 7) is 2.77. The number of carboxylic acid groups (broad SMARTS) is 1. The van der Waals surface area contributed by atoms with Gasteiger partial charge in [-0.15, -0.1) is 0 Å². The van der Waals surface area contributed by atoms with Crippen molar-refractivity contribution < 1.29 is 14.7 Å². The third-order valence-electron chi connectivity index (χ3n) is 3.54. The zero-order chi connectivity index (χ0) is 14.4. The van der Waals surface area contributed by atoms with Crippen LogP contribution in [0.15, 0.2) is 30.3 Å². The highest BCUT2D eigenvalue weighted by Crippen LogP contribution is 2.13. The van der Waals surface area contributed by atoms with E-state index in [2.05, 4.69) is 10.2 Å². The van der Waals surface area contributed by atoms with Gasteiger partial charge >= 0.3 is 5.97 Å². The maximum atomic E-state index is 11.9. The summed E-state index contributed by atoms with van der Waals surface area (Å²) in [5.74, 6) is -1.25. The second kappa shape index (κ2) is 7.05. The molecule has 0 aromatic heterocycles. The van der Waals surface area contributed by atoms with Gasteiger partial charge in [0.25, 0.3) is 0 Å². The van der Waals surface area contributed by atoms with Crippen molar-refractivity contribution in [1.82, 2.24) is 10.2 Å². The van der Waals surface area contributed by atoms with Crippen molar-refractivity contribution in [3.8, 4) is 0 Å². The Bertz CT molecular complexity index is 455. The number of aliphatic carboxylic acids is 1. The van der Waals surface area contributed by atoms with E-state index in [1.165, 1.54) is 12.8 Å². The smallest absolute Gasteiger partial charge is 0.330 e. The number of hydrogen-bond acceptors (Lipinski definition) is 3. The van der Waals surface area contributed by atoms with Gasteiger partial charge in [-0.2, -0.15) is 0 Å². The van der Waals surface area contributed by atoms with Crippen molar-refractivity contribution in [2.75, 3.05) is 19.6 Å². The molecule has 1 unspecified atom stereocenters. The minimum Gasteiger partial charge on any atom is -0.479 e. The molecule has 2 N–H and O–H groups in total. The molecule has 0 spiro atoms. The number of nitrogens with one attached hydrogen (secondary N) is 1. The van der Waals surface area contributed by atoms with Crippen LogP contribution in [0.1, 0.15) is 30.9 Å². The third kappa shape index (κ3) is 4.06. The molecule has 5 nitrogen and oxygen atoms in total. The molecule has 0 bridgehead atoms. The SMILES string of the molecule is O=C(CCN1CCCC1)NC(C(=O)O)c1ccccc1. The number of carboxylic acids is 1. The highest BCUT2D eigenvalue weighted by molar-refractivity contribution is 5.84. The van der Waals surface area contributed by atoms with Gasteiger partial charge in [0.15, 0.2) is 6.04 Å². The van der Waals surface area contributed by atoms with Gasteiger partial charge < -0.3 is 15.3 Å². The number of likely N-dealkylation sites (tertiary alicyclic amines) is 1. The number of hydrogen-bond donors (Lipinski definition) is 2. The Morgan fingerprint density at radius 3 is 2.45 bits per heavy atom. The zero-order valence-electron chi connectivity index (χ0n) is 11.4. The van der Waals surface area contributed by atoms with E-state index in [0.29, 0.717) is 18.5 Å². The van der Waals surface area contributed by atoms with Crippen molar-refractivity contribution in [3.05, 3.63) is 35.9 Å². The van der Waals surface area contributed by atoms with Gasteiger partial charge in [0.2, 0.25) is 5.91 Å². The van der Waals surface area contributed by atoms with Gasteiger partial charge in [0.1, 0.15) is 0 Å². The molecule has 1 aliphatic heterocycles. The van der Waals surface area contributed by atoms with Crippen LogP contribution in [0.5, 0.6) is 0 Å². The van der Waals surface area contributed by atoms with E-state index in [0.717, 1.165) is 13.1 Å². The summed E-state index contributed by atoms with van der Waals surface area (Å²) in [6, 6.07) is 7.79. The Labute approximate surface area is 118 Å².